The van der Waals surface area contributed by atoms with Crippen LogP contribution in [0.25, 0.3) is 10.9 Å². The molecule has 0 bridgehead atoms. The van der Waals surface area contributed by atoms with E-state index in [1.165, 1.54) is 19.3 Å². The Hall–Kier alpha value is -2.08. The monoisotopic (exact) mass is 303 g/mol. The third kappa shape index (κ3) is 2.92. The van der Waals surface area contributed by atoms with Crippen LogP contribution in [0.5, 0.6) is 11.5 Å². The van der Waals surface area contributed by atoms with E-state index in [0.29, 0.717) is 34.8 Å². The van der Waals surface area contributed by atoms with Gasteiger partial charge in [0.1, 0.15) is 5.82 Å². The summed E-state index contributed by atoms with van der Waals surface area (Å²) in [7, 11) is 3.13. The van der Waals surface area contributed by atoms with Crippen molar-refractivity contribution in [2.45, 2.75) is 25.8 Å². The maximum Gasteiger partial charge on any atom is 0.258 e. The number of hydrogen-bond acceptors (Lipinski definition) is 5. The highest BCUT2D eigenvalue weighted by Crippen LogP contribution is 2.29. The number of likely N-dealkylation sites (tertiary alicyclic amines) is 1. The number of nitrogens with one attached hydrogen (secondary N) is 1. The molecule has 118 valence electrons. The minimum absolute atomic E-state index is 0.141. The lowest BCUT2D eigenvalue weighted by Crippen LogP contribution is -2.30. The molecule has 0 radical (unpaired) electrons. The smallest absolute Gasteiger partial charge is 0.258 e. The molecular formula is C16H21N3O3. The normalized spacial score (nSPS) is 15.9. The molecule has 6 heteroatoms. The molecule has 1 fully saturated rings. The topological polar surface area (TPSA) is 67.5 Å². The number of aromatic amines is 1. The number of fused-ring (bicyclic) bond motifs is 1. The average molecular weight is 303 g/mol. The Morgan fingerprint density at radius 2 is 1.82 bits per heavy atom. The quantitative estimate of drug-likeness (QED) is 0.934. The lowest BCUT2D eigenvalue weighted by molar-refractivity contribution is 0.216. The lowest BCUT2D eigenvalue weighted by Gasteiger charge is -2.25. The summed E-state index contributed by atoms with van der Waals surface area (Å²) in [5.74, 6) is 1.81. The van der Waals surface area contributed by atoms with Crippen LogP contribution < -0.4 is 15.0 Å². The average Bonchev–Trinajstić information content (AvgIpc) is 2.54. The van der Waals surface area contributed by atoms with Crippen LogP contribution in [0.3, 0.4) is 0 Å². The SMILES string of the molecule is COc1cc2nc(CN3CCCCC3)[nH]c(=O)c2cc1OC. The number of aromatic nitrogens is 2. The third-order valence-electron chi connectivity index (χ3n) is 4.08. The van der Waals surface area contributed by atoms with Crippen molar-refractivity contribution in [1.29, 1.82) is 0 Å². The lowest BCUT2D eigenvalue weighted by atomic mass is 10.1. The second-order valence-electron chi connectivity index (χ2n) is 5.57. The van der Waals surface area contributed by atoms with Gasteiger partial charge in [-0.05, 0) is 32.0 Å². The maximum atomic E-state index is 12.3. The van der Waals surface area contributed by atoms with Crippen LogP contribution in [-0.4, -0.2) is 42.2 Å². The predicted octanol–water partition coefficient (Wildman–Crippen LogP) is 1.93. The zero-order valence-corrected chi connectivity index (χ0v) is 13.0. The predicted molar refractivity (Wildman–Crippen MR) is 84.6 cm³/mol. The molecule has 1 aliphatic rings. The van der Waals surface area contributed by atoms with E-state index in [2.05, 4.69) is 14.9 Å². The highest BCUT2D eigenvalue weighted by molar-refractivity contribution is 5.81. The first-order valence-electron chi connectivity index (χ1n) is 7.58. The Kier molecular flexibility index (Phi) is 4.29. The van der Waals surface area contributed by atoms with Gasteiger partial charge in [0.2, 0.25) is 0 Å². The van der Waals surface area contributed by atoms with Crippen LogP contribution in [0.2, 0.25) is 0 Å². The first-order chi connectivity index (χ1) is 10.7. The van der Waals surface area contributed by atoms with Crippen molar-refractivity contribution in [3.05, 3.63) is 28.3 Å². The number of ether oxygens (including phenoxy) is 2. The van der Waals surface area contributed by atoms with Gasteiger partial charge in [-0.15, -0.1) is 0 Å². The molecule has 0 aliphatic carbocycles. The standard InChI is InChI=1S/C16H21N3O3/c1-21-13-8-11-12(9-14(13)22-2)17-15(18-16(11)20)10-19-6-4-3-5-7-19/h8-9H,3-7,10H2,1-2H3,(H,17,18,20). The zero-order valence-electron chi connectivity index (χ0n) is 13.0. The summed E-state index contributed by atoms with van der Waals surface area (Å²) in [6.45, 7) is 2.81. The van der Waals surface area contributed by atoms with E-state index in [-0.39, 0.29) is 5.56 Å². The van der Waals surface area contributed by atoms with E-state index in [1.807, 2.05) is 0 Å². The molecule has 1 aromatic carbocycles. The summed E-state index contributed by atoms with van der Waals surface area (Å²) in [5, 5.41) is 0.514. The second kappa shape index (κ2) is 6.36. The van der Waals surface area contributed by atoms with Crippen LogP contribution >= 0.6 is 0 Å². The highest BCUT2D eigenvalue weighted by Gasteiger charge is 2.14. The fourth-order valence-electron chi connectivity index (χ4n) is 2.92. The summed E-state index contributed by atoms with van der Waals surface area (Å²) >= 11 is 0. The van der Waals surface area contributed by atoms with E-state index in [4.69, 9.17) is 9.47 Å². The largest absolute Gasteiger partial charge is 0.493 e. The van der Waals surface area contributed by atoms with Gasteiger partial charge in [0, 0.05) is 6.07 Å². The zero-order chi connectivity index (χ0) is 15.5. The fourth-order valence-corrected chi connectivity index (χ4v) is 2.92. The van der Waals surface area contributed by atoms with Crippen LogP contribution in [0.4, 0.5) is 0 Å². The number of methoxy groups -OCH3 is 2. The molecule has 3 rings (SSSR count). The van der Waals surface area contributed by atoms with Gasteiger partial charge >= 0.3 is 0 Å². The van der Waals surface area contributed by atoms with Crippen molar-refractivity contribution >= 4 is 10.9 Å². The van der Waals surface area contributed by atoms with Gasteiger partial charge in [-0.25, -0.2) is 4.98 Å². The van der Waals surface area contributed by atoms with E-state index < -0.39 is 0 Å². The molecule has 22 heavy (non-hydrogen) atoms. The van der Waals surface area contributed by atoms with Crippen molar-refractivity contribution in [3.63, 3.8) is 0 Å². The van der Waals surface area contributed by atoms with Gasteiger partial charge in [0.05, 0.1) is 31.7 Å². The number of nitrogens with zero attached hydrogens (tertiary/aromatic N) is 2. The molecule has 1 saturated heterocycles. The number of benzene rings is 1. The Labute approximate surface area is 129 Å². The minimum Gasteiger partial charge on any atom is -0.493 e. The molecule has 1 N–H and O–H groups in total. The van der Waals surface area contributed by atoms with Crippen LogP contribution in [0.1, 0.15) is 25.1 Å². The number of piperidine rings is 1. The first-order valence-corrected chi connectivity index (χ1v) is 7.58. The molecule has 1 aliphatic heterocycles. The van der Waals surface area contributed by atoms with Crippen molar-refractivity contribution in [2.24, 2.45) is 0 Å². The molecule has 1 aromatic heterocycles. The van der Waals surface area contributed by atoms with Crippen molar-refractivity contribution < 1.29 is 9.47 Å². The van der Waals surface area contributed by atoms with Crippen LogP contribution in [-0.2, 0) is 6.54 Å². The molecule has 0 atom stereocenters. The van der Waals surface area contributed by atoms with E-state index in [9.17, 15) is 4.79 Å². The second-order valence-corrected chi connectivity index (χ2v) is 5.57. The van der Waals surface area contributed by atoms with Gasteiger partial charge in [0.25, 0.3) is 5.56 Å². The molecule has 2 aromatic rings. The number of hydrogen-bond donors (Lipinski definition) is 1. The Balaban J connectivity index is 1.98. The van der Waals surface area contributed by atoms with Gasteiger partial charge in [0.15, 0.2) is 11.5 Å². The summed E-state index contributed by atoms with van der Waals surface area (Å²) in [5.41, 5.74) is 0.492. The molecule has 0 unspecified atom stereocenters. The van der Waals surface area contributed by atoms with E-state index in [1.54, 1.807) is 26.4 Å². The molecule has 0 amide bonds. The number of rotatable bonds is 4. The molecule has 0 saturated carbocycles. The number of H-pyrrole nitrogens is 1. The maximum absolute atomic E-state index is 12.3. The summed E-state index contributed by atoms with van der Waals surface area (Å²) in [6, 6.07) is 3.42. The summed E-state index contributed by atoms with van der Waals surface area (Å²) < 4.78 is 10.5. The van der Waals surface area contributed by atoms with E-state index in [0.717, 1.165) is 13.1 Å². The minimum atomic E-state index is -0.141. The Morgan fingerprint density at radius 3 is 2.50 bits per heavy atom. The van der Waals surface area contributed by atoms with Crippen molar-refractivity contribution in [1.82, 2.24) is 14.9 Å². The summed E-state index contributed by atoms with van der Waals surface area (Å²) in [4.78, 5) is 22.1. The van der Waals surface area contributed by atoms with Crippen molar-refractivity contribution in [3.8, 4) is 11.5 Å². The Bertz CT molecular complexity index is 720. The third-order valence-corrected chi connectivity index (χ3v) is 4.08. The van der Waals surface area contributed by atoms with Gasteiger partial charge in [-0.3, -0.25) is 9.69 Å². The fraction of sp³-hybridized carbons (Fsp3) is 0.500. The molecule has 6 nitrogen and oxygen atoms in total. The van der Waals surface area contributed by atoms with Gasteiger partial charge < -0.3 is 14.5 Å². The Morgan fingerprint density at radius 1 is 1.14 bits per heavy atom. The van der Waals surface area contributed by atoms with Gasteiger partial charge in [-0.1, -0.05) is 6.42 Å². The molecule has 0 spiro atoms. The molecular weight excluding hydrogens is 282 g/mol. The molecule has 2 heterocycles. The highest BCUT2D eigenvalue weighted by atomic mass is 16.5. The van der Waals surface area contributed by atoms with Gasteiger partial charge in [-0.2, -0.15) is 0 Å². The summed E-state index contributed by atoms with van der Waals surface area (Å²) in [6.07, 6.45) is 3.71. The van der Waals surface area contributed by atoms with Crippen molar-refractivity contribution in [2.75, 3.05) is 27.3 Å². The van der Waals surface area contributed by atoms with E-state index >= 15 is 0 Å². The van der Waals surface area contributed by atoms with Crippen LogP contribution in [0.15, 0.2) is 16.9 Å². The van der Waals surface area contributed by atoms with Crippen LogP contribution in [0, 0.1) is 0 Å². The first kappa shape index (κ1) is 14.8.